The fourth-order valence-corrected chi connectivity index (χ4v) is 2.95. The number of hydrogen-bond donors (Lipinski definition) is 2. The fourth-order valence-electron chi connectivity index (χ4n) is 2.95. The van der Waals surface area contributed by atoms with Gasteiger partial charge in [-0.05, 0) is 33.1 Å². The Balaban J connectivity index is 3.14. The molecule has 1 heterocycles. The molecule has 16 heavy (non-hydrogen) atoms. The first-order valence-corrected chi connectivity index (χ1v) is 6.25. The lowest BCUT2D eigenvalue weighted by Crippen LogP contribution is -2.72. The second-order valence-electron chi connectivity index (χ2n) is 5.86. The van der Waals surface area contributed by atoms with Crippen LogP contribution in [0.1, 0.15) is 53.9 Å². The van der Waals surface area contributed by atoms with Crippen molar-refractivity contribution in [2.24, 2.45) is 11.7 Å². The Kier molecular flexibility index (Phi) is 3.38. The molecule has 0 aromatic rings. The van der Waals surface area contributed by atoms with Crippen molar-refractivity contribution in [1.29, 1.82) is 5.26 Å². The molecule has 4 unspecified atom stereocenters. The third-order valence-corrected chi connectivity index (χ3v) is 4.72. The number of nitrogens with zero attached hydrogens (tertiary/aromatic N) is 1. The number of nitrogens with two attached hydrogens (primary N) is 1. The normalized spacial score (nSPS) is 48.7. The maximum atomic E-state index is 9.37. The quantitative estimate of drug-likeness (QED) is 0.754. The van der Waals surface area contributed by atoms with E-state index >= 15 is 0 Å². The minimum Gasteiger partial charge on any atom is -0.313 e. The van der Waals surface area contributed by atoms with Gasteiger partial charge in [0.2, 0.25) is 0 Å². The molecule has 0 amide bonds. The zero-order chi connectivity index (χ0) is 12.6. The standard InChI is InChI=1S/C13H25N3/c1-6-11(4)8-13(15,9-14)10(3)12(5,7-2)16-11/h10,16H,6-8,15H2,1-5H3. The monoisotopic (exact) mass is 223 g/mol. The summed E-state index contributed by atoms with van der Waals surface area (Å²) in [5.41, 5.74) is 5.52. The van der Waals surface area contributed by atoms with E-state index in [0.29, 0.717) is 0 Å². The molecule has 0 aliphatic carbocycles. The zero-order valence-electron chi connectivity index (χ0n) is 11.2. The Morgan fingerprint density at radius 3 is 2.31 bits per heavy atom. The highest BCUT2D eigenvalue weighted by Gasteiger charge is 2.53. The lowest BCUT2D eigenvalue weighted by atomic mass is 9.62. The van der Waals surface area contributed by atoms with Crippen LogP contribution >= 0.6 is 0 Å². The Morgan fingerprint density at radius 1 is 1.38 bits per heavy atom. The minimum absolute atomic E-state index is 0.0260. The second-order valence-corrected chi connectivity index (χ2v) is 5.86. The molecular weight excluding hydrogens is 198 g/mol. The molecule has 3 N–H and O–H groups in total. The van der Waals surface area contributed by atoms with E-state index in [1.54, 1.807) is 0 Å². The Bertz CT molecular complexity index is 309. The van der Waals surface area contributed by atoms with Crippen LogP contribution in [-0.4, -0.2) is 16.6 Å². The minimum atomic E-state index is -0.708. The maximum absolute atomic E-state index is 9.37. The van der Waals surface area contributed by atoms with Gasteiger partial charge in [-0.15, -0.1) is 0 Å². The van der Waals surface area contributed by atoms with Gasteiger partial charge in [-0.1, -0.05) is 20.8 Å². The first kappa shape index (κ1) is 13.5. The van der Waals surface area contributed by atoms with Gasteiger partial charge in [0.05, 0.1) is 6.07 Å². The van der Waals surface area contributed by atoms with Crippen molar-refractivity contribution in [1.82, 2.24) is 5.32 Å². The summed E-state index contributed by atoms with van der Waals surface area (Å²) >= 11 is 0. The smallest absolute Gasteiger partial charge is 0.110 e. The van der Waals surface area contributed by atoms with Gasteiger partial charge in [0.1, 0.15) is 5.54 Å². The number of nitrogens with one attached hydrogen (secondary N) is 1. The molecule has 1 aliphatic heterocycles. The van der Waals surface area contributed by atoms with E-state index in [2.05, 4.69) is 46.0 Å². The molecule has 4 atom stereocenters. The van der Waals surface area contributed by atoms with Crippen molar-refractivity contribution in [3.63, 3.8) is 0 Å². The molecule has 1 fully saturated rings. The predicted molar refractivity (Wildman–Crippen MR) is 66.8 cm³/mol. The van der Waals surface area contributed by atoms with Crippen molar-refractivity contribution < 1.29 is 0 Å². The van der Waals surface area contributed by atoms with Gasteiger partial charge in [-0.2, -0.15) is 5.26 Å². The molecule has 1 rings (SSSR count). The molecule has 0 radical (unpaired) electrons. The van der Waals surface area contributed by atoms with Gasteiger partial charge in [0, 0.05) is 17.0 Å². The molecule has 0 aromatic carbocycles. The maximum Gasteiger partial charge on any atom is 0.110 e. The molecule has 0 aromatic heterocycles. The van der Waals surface area contributed by atoms with Crippen LogP contribution < -0.4 is 11.1 Å². The third-order valence-electron chi connectivity index (χ3n) is 4.72. The van der Waals surface area contributed by atoms with Crippen molar-refractivity contribution in [2.75, 3.05) is 0 Å². The van der Waals surface area contributed by atoms with Gasteiger partial charge in [0.15, 0.2) is 0 Å². The van der Waals surface area contributed by atoms with Crippen molar-refractivity contribution in [2.45, 2.75) is 70.5 Å². The summed E-state index contributed by atoms with van der Waals surface area (Å²) in [6, 6.07) is 2.35. The summed E-state index contributed by atoms with van der Waals surface area (Å²) in [6.07, 6.45) is 2.71. The number of nitriles is 1. The number of rotatable bonds is 2. The number of piperidine rings is 1. The van der Waals surface area contributed by atoms with Gasteiger partial charge < -0.3 is 11.1 Å². The summed E-state index contributed by atoms with van der Waals surface area (Å²) in [7, 11) is 0. The molecule has 0 bridgehead atoms. The highest BCUT2D eigenvalue weighted by atomic mass is 15.1. The molecular formula is C13H25N3. The third kappa shape index (κ3) is 1.97. The lowest BCUT2D eigenvalue weighted by molar-refractivity contribution is 0.0448. The molecule has 92 valence electrons. The van der Waals surface area contributed by atoms with E-state index < -0.39 is 5.54 Å². The van der Waals surface area contributed by atoms with E-state index in [1.165, 1.54) is 0 Å². The first-order chi connectivity index (χ1) is 7.25. The Hall–Kier alpha value is -0.590. The SMILES string of the molecule is CCC1(C)CC(N)(C#N)C(C)C(C)(CC)N1. The van der Waals surface area contributed by atoms with Crippen LogP contribution in [0.2, 0.25) is 0 Å². The summed E-state index contributed by atoms with van der Waals surface area (Å²) < 4.78 is 0. The lowest BCUT2D eigenvalue weighted by Gasteiger charge is -2.55. The second kappa shape index (κ2) is 4.01. The first-order valence-electron chi connectivity index (χ1n) is 6.25. The molecule has 3 heteroatoms. The largest absolute Gasteiger partial charge is 0.313 e. The summed E-state index contributed by atoms with van der Waals surface area (Å²) in [6.45, 7) is 10.8. The van der Waals surface area contributed by atoms with Crippen molar-refractivity contribution in [3.8, 4) is 6.07 Å². The number of hydrogen-bond acceptors (Lipinski definition) is 3. The predicted octanol–water partition coefficient (Wildman–Crippen LogP) is 2.17. The van der Waals surface area contributed by atoms with Crippen LogP contribution in [0.15, 0.2) is 0 Å². The van der Waals surface area contributed by atoms with Crippen LogP contribution in [0, 0.1) is 17.2 Å². The molecule has 1 saturated heterocycles. The highest BCUT2D eigenvalue weighted by Crippen LogP contribution is 2.41. The fraction of sp³-hybridized carbons (Fsp3) is 0.923. The van der Waals surface area contributed by atoms with E-state index in [-0.39, 0.29) is 17.0 Å². The van der Waals surface area contributed by atoms with Crippen LogP contribution in [0.3, 0.4) is 0 Å². The molecule has 0 saturated carbocycles. The van der Waals surface area contributed by atoms with Crippen LogP contribution in [-0.2, 0) is 0 Å². The Morgan fingerprint density at radius 2 is 1.94 bits per heavy atom. The molecule has 3 nitrogen and oxygen atoms in total. The highest BCUT2D eigenvalue weighted by molar-refractivity contribution is 5.21. The van der Waals surface area contributed by atoms with E-state index in [1.807, 2.05) is 0 Å². The summed E-state index contributed by atoms with van der Waals surface area (Å²) in [5, 5.41) is 13.1. The average Bonchev–Trinajstić information content (AvgIpc) is 2.26. The van der Waals surface area contributed by atoms with E-state index in [9.17, 15) is 5.26 Å². The van der Waals surface area contributed by atoms with Crippen LogP contribution in [0.4, 0.5) is 0 Å². The van der Waals surface area contributed by atoms with E-state index in [0.717, 1.165) is 19.3 Å². The van der Waals surface area contributed by atoms with Gasteiger partial charge >= 0.3 is 0 Å². The molecule has 1 aliphatic rings. The summed E-state index contributed by atoms with van der Waals surface area (Å²) in [5.74, 6) is 0.162. The van der Waals surface area contributed by atoms with Crippen molar-refractivity contribution >= 4 is 0 Å². The van der Waals surface area contributed by atoms with Gasteiger partial charge in [-0.3, -0.25) is 0 Å². The van der Waals surface area contributed by atoms with Crippen LogP contribution in [0.25, 0.3) is 0 Å². The average molecular weight is 223 g/mol. The van der Waals surface area contributed by atoms with Crippen molar-refractivity contribution in [3.05, 3.63) is 0 Å². The summed E-state index contributed by atoms with van der Waals surface area (Å²) in [4.78, 5) is 0. The molecule has 0 spiro atoms. The zero-order valence-corrected chi connectivity index (χ0v) is 11.2. The van der Waals surface area contributed by atoms with Crippen LogP contribution in [0.5, 0.6) is 0 Å². The Labute approximate surface area is 99.4 Å². The topological polar surface area (TPSA) is 61.8 Å². The van der Waals surface area contributed by atoms with Gasteiger partial charge in [-0.25, -0.2) is 0 Å². The van der Waals surface area contributed by atoms with Gasteiger partial charge in [0.25, 0.3) is 0 Å². The van der Waals surface area contributed by atoms with E-state index in [4.69, 9.17) is 5.73 Å².